The first-order valence-corrected chi connectivity index (χ1v) is 11.1. The molecular weight excluding hydrogens is 472 g/mol. The van der Waals surface area contributed by atoms with Gasteiger partial charge in [-0.1, -0.05) is 6.07 Å². The summed E-state index contributed by atoms with van der Waals surface area (Å²) in [5, 5.41) is 28.1. The number of carbonyl (C=O) groups excluding carboxylic acids is 2. The van der Waals surface area contributed by atoms with E-state index in [0.29, 0.717) is 29.7 Å². The van der Waals surface area contributed by atoms with E-state index in [9.17, 15) is 19.2 Å². The van der Waals surface area contributed by atoms with Crippen molar-refractivity contribution in [1.29, 1.82) is 5.41 Å². The predicted octanol–water partition coefficient (Wildman–Crippen LogP) is 1.93. The molecular formula is C24H26N4O8. The highest BCUT2D eigenvalue weighted by Crippen LogP contribution is 2.34. The van der Waals surface area contributed by atoms with Gasteiger partial charge < -0.3 is 35.6 Å². The van der Waals surface area contributed by atoms with Gasteiger partial charge in [0.05, 0.1) is 30.6 Å². The molecule has 6 N–H and O–H groups in total. The average molecular weight is 498 g/mol. The minimum atomic E-state index is -1.13. The number of benzene rings is 2. The van der Waals surface area contributed by atoms with Crippen LogP contribution in [0.1, 0.15) is 45.5 Å². The number of carboxylic acids is 2. The minimum absolute atomic E-state index is 0.000978. The van der Waals surface area contributed by atoms with Crippen LogP contribution in [0.5, 0.6) is 11.5 Å². The number of carbonyl (C=O) groups is 4. The molecule has 1 heterocycles. The van der Waals surface area contributed by atoms with Crippen LogP contribution in [0, 0.1) is 5.41 Å². The Morgan fingerprint density at radius 2 is 1.78 bits per heavy atom. The number of aliphatic carboxylic acids is 2. The predicted molar refractivity (Wildman–Crippen MR) is 128 cm³/mol. The third kappa shape index (κ3) is 6.72. The Bertz CT molecular complexity index is 1180. The Hall–Kier alpha value is -4.61. The summed E-state index contributed by atoms with van der Waals surface area (Å²) in [6.07, 6.45) is 0.182. The fraction of sp³-hybridized carbons (Fsp3) is 0.292. The van der Waals surface area contributed by atoms with E-state index >= 15 is 0 Å². The van der Waals surface area contributed by atoms with E-state index in [1.165, 1.54) is 18.2 Å². The highest BCUT2D eigenvalue weighted by molar-refractivity contribution is 5.99. The second-order valence-corrected chi connectivity index (χ2v) is 7.96. The standard InChI is InChI=1S/C24H26N4O8/c25-24(26)27-15-6-7-16-14(13-15)3-2-12-35-21-17(4-1-5-18(21)36-23(16)34)22(33)28(10-8-19(29)30)11-9-20(31)32/h1,4-7,13H,2-3,8-12H2,(H,29,30)(H,31,32)(H4,25,26,27). The molecule has 0 fully saturated rings. The van der Waals surface area contributed by atoms with Gasteiger partial charge in [-0.15, -0.1) is 0 Å². The van der Waals surface area contributed by atoms with Crippen LogP contribution in [-0.2, 0) is 16.0 Å². The van der Waals surface area contributed by atoms with Gasteiger partial charge in [-0.25, -0.2) is 4.79 Å². The Morgan fingerprint density at radius 3 is 2.42 bits per heavy atom. The van der Waals surface area contributed by atoms with Gasteiger partial charge in [0, 0.05) is 18.8 Å². The Balaban J connectivity index is 1.93. The molecule has 2 aromatic carbocycles. The number of anilines is 1. The molecule has 0 aliphatic carbocycles. The third-order valence-corrected chi connectivity index (χ3v) is 5.33. The summed E-state index contributed by atoms with van der Waals surface area (Å²) in [4.78, 5) is 49.5. The van der Waals surface area contributed by atoms with Gasteiger partial charge in [0.2, 0.25) is 0 Å². The first kappa shape index (κ1) is 26.0. The summed E-state index contributed by atoms with van der Waals surface area (Å²) >= 11 is 0. The Labute approximate surface area is 206 Å². The topological polar surface area (TPSA) is 192 Å². The summed E-state index contributed by atoms with van der Waals surface area (Å²) in [6, 6.07) is 9.25. The monoisotopic (exact) mass is 498 g/mol. The van der Waals surface area contributed by atoms with Crippen LogP contribution in [0.25, 0.3) is 0 Å². The summed E-state index contributed by atoms with van der Waals surface area (Å²) in [7, 11) is 0. The number of hydrogen-bond acceptors (Lipinski definition) is 7. The maximum atomic E-state index is 13.3. The smallest absolute Gasteiger partial charge is 0.343 e. The van der Waals surface area contributed by atoms with E-state index < -0.39 is 23.8 Å². The average Bonchev–Trinajstić information content (AvgIpc) is 2.81. The SMILES string of the molecule is N=C(N)Nc1ccc2c(c1)CCCOc1c(cccc1C(=O)N(CCC(=O)O)CCC(=O)O)OC2=O. The zero-order chi connectivity index (χ0) is 26.2. The fourth-order valence-corrected chi connectivity index (χ4v) is 3.68. The molecule has 2 aromatic rings. The second-order valence-electron chi connectivity index (χ2n) is 7.96. The molecule has 36 heavy (non-hydrogen) atoms. The molecule has 1 aliphatic heterocycles. The maximum absolute atomic E-state index is 13.3. The van der Waals surface area contributed by atoms with E-state index in [1.54, 1.807) is 18.2 Å². The van der Waals surface area contributed by atoms with Crippen LogP contribution in [0.3, 0.4) is 0 Å². The number of esters is 1. The lowest BCUT2D eigenvalue weighted by atomic mass is 10.0. The fourth-order valence-electron chi connectivity index (χ4n) is 3.68. The van der Waals surface area contributed by atoms with Crippen LogP contribution in [0.4, 0.5) is 5.69 Å². The minimum Gasteiger partial charge on any atom is -0.489 e. The normalized spacial score (nSPS) is 12.7. The number of nitrogens with zero attached hydrogens (tertiary/aromatic N) is 1. The first-order valence-electron chi connectivity index (χ1n) is 11.1. The van der Waals surface area contributed by atoms with Gasteiger partial charge >= 0.3 is 17.9 Å². The number of aryl methyl sites for hydroxylation is 1. The number of amides is 1. The number of fused-ring (bicyclic) bond motifs is 2. The lowest BCUT2D eigenvalue weighted by Gasteiger charge is -2.24. The lowest BCUT2D eigenvalue weighted by molar-refractivity contribution is -0.137. The summed E-state index contributed by atoms with van der Waals surface area (Å²) in [6.45, 7) is -0.229. The molecule has 0 spiro atoms. The number of ether oxygens (including phenoxy) is 2. The van der Waals surface area contributed by atoms with Gasteiger partial charge in [0.15, 0.2) is 17.5 Å². The Kier molecular flexibility index (Phi) is 8.44. The van der Waals surface area contributed by atoms with E-state index in [-0.39, 0.29) is 55.6 Å². The number of hydrogen-bond donors (Lipinski definition) is 5. The van der Waals surface area contributed by atoms with Gasteiger partial charge in [-0.2, -0.15) is 0 Å². The summed E-state index contributed by atoms with van der Waals surface area (Å²) in [5.74, 6) is -3.81. The van der Waals surface area contributed by atoms with Gasteiger partial charge in [-0.3, -0.25) is 19.8 Å². The summed E-state index contributed by atoms with van der Waals surface area (Å²) in [5.41, 5.74) is 6.92. The second kappa shape index (κ2) is 11.7. The van der Waals surface area contributed by atoms with Crippen LogP contribution in [0.15, 0.2) is 36.4 Å². The van der Waals surface area contributed by atoms with Gasteiger partial charge in [0.25, 0.3) is 5.91 Å². The third-order valence-electron chi connectivity index (χ3n) is 5.33. The lowest BCUT2D eigenvalue weighted by Crippen LogP contribution is -2.35. The number of guanidine groups is 1. The number of nitrogens with two attached hydrogens (primary N) is 1. The van der Waals surface area contributed by atoms with Crippen molar-refractivity contribution in [3.8, 4) is 11.5 Å². The van der Waals surface area contributed by atoms with Crippen LogP contribution in [0.2, 0.25) is 0 Å². The number of carboxylic acid groups (broad SMARTS) is 2. The van der Waals surface area contributed by atoms with Crippen LogP contribution >= 0.6 is 0 Å². The molecule has 0 bridgehead atoms. The van der Waals surface area contributed by atoms with E-state index in [4.69, 9.17) is 30.8 Å². The highest BCUT2D eigenvalue weighted by atomic mass is 16.6. The number of para-hydroxylation sites is 1. The largest absolute Gasteiger partial charge is 0.489 e. The molecule has 0 unspecified atom stereocenters. The van der Waals surface area contributed by atoms with Crippen molar-refractivity contribution in [2.75, 3.05) is 25.0 Å². The van der Waals surface area contributed by atoms with Crippen LogP contribution < -0.4 is 20.5 Å². The maximum Gasteiger partial charge on any atom is 0.343 e. The first-order chi connectivity index (χ1) is 17.2. The van der Waals surface area contributed by atoms with Gasteiger partial charge in [-0.05, 0) is 48.7 Å². The molecule has 3 rings (SSSR count). The van der Waals surface area contributed by atoms with Crippen molar-refractivity contribution < 1.29 is 38.9 Å². The molecule has 0 aromatic heterocycles. The number of rotatable bonds is 8. The molecule has 1 amide bonds. The van der Waals surface area contributed by atoms with Crippen molar-refractivity contribution in [2.45, 2.75) is 25.7 Å². The van der Waals surface area contributed by atoms with Crippen molar-refractivity contribution in [2.24, 2.45) is 5.73 Å². The van der Waals surface area contributed by atoms with Crippen LogP contribution in [-0.4, -0.2) is 64.6 Å². The van der Waals surface area contributed by atoms with E-state index in [0.717, 1.165) is 4.90 Å². The Morgan fingerprint density at radius 1 is 1.08 bits per heavy atom. The molecule has 0 atom stereocenters. The van der Waals surface area contributed by atoms with Crippen molar-refractivity contribution in [1.82, 2.24) is 4.90 Å². The molecule has 0 saturated heterocycles. The summed E-state index contributed by atoms with van der Waals surface area (Å²) < 4.78 is 11.4. The molecule has 12 heteroatoms. The van der Waals surface area contributed by atoms with Gasteiger partial charge in [0.1, 0.15) is 0 Å². The molecule has 1 aliphatic rings. The zero-order valence-electron chi connectivity index (χ0n) is 19.3. The molecule has 0 saturated carbocycles. The molecule has 0 radical (unpaired) electrons. The highest BCUT2D eigenvalue weighted by Gasteiger charge is 2.26. The quantitative estimate of drug-likeness (QED) is 0.155. The van der Waals surface area contributed by atoms with Crippen molar-refractivity contribution >= 4 is 35.5 Å². The van der Waals surface area contributed by atoms with E-state index in [1.807, 2.05) is 0 Å². The molecule has 12 nitrogen and oxygen atoms in total. The van der Waals surface area contributed by atoms with Crippen molar-refractivity contribution in [3.63, 3.8) is 0 Å². The zero-order valence-corrected chi connectivity index (χ0v) is 19.3. The van der Waals surface area contributed by atoms with Crippen molar-refractivity contribution in [3.05, 3.63) is 53.1 Å². The van der Waals surface area contributed by atoms with E-state index in [2.05, 4.69) is 5.32 Å². The molecule has 190 valence electrons. The number of nitrogens with one attached hydrogen (secondary N) is 2.